The van der Waals surface area contributed by atoms with E-state index in [1.807, 2.05) is 18.2 Å². The second kappa shape index (κ2) is 11.4. The van der Waals surface area contributed by atoms with Crippen LogP contribution in [-0.4, -0.2) is 47.2 Å². The van der Waals surface area contributed by atoms with Crippen molar-refractivity contribution >= 4 is 0 Å². The molecule has 0 saturated heterocycles. The topological polar surface area (TPSA) is 49.0 Å². The molecule has 1 aromatic rings. The molecule has 1 rings (SSSR count). The van der Waals surface area contributed by atoms with Gasteiger partial charge in [-0.05, 0) is 19.0 Å². The number of hydrogen-bond acceptors (Lipinski definition) is 5. The highest BCUT2D eigenvalue weighted by atomic mass is 16.5. The van der Waals surface area contributed by atoms with E-state index in [4.69, 9.17) is 18.9 Å². The van der Waals surface area contributed by atoms with Crippen molar-refractivity contribution in [3.63, 3.8) is 0 Å². The second-order valence-corrected chi connectivity index (χ2v) is 4.54. The lowest BCUT2D eigenvalue weighted by atomic mass is 10.2. The molecule has 5 heteroatoms. The van der Waals surface area contributed by atoms with Crippen LogP contribution < -0.4 is 14.8 Å². The first kappa shape index (κ1) is 17.8. The van der Waals surface area contributed by atoms with Gasteiger partial charge in [-0.2, -0.15) is 0 Å². The van der Waals surface area contributed by atoms with E-state index < -0.39 is 0 Å². The van der Waals surface area contributed by atoms with Gasteiger partial charge in [-0.1, -0.05) is 19.1 Å². The zero-order valence-corrected chi connectivity index (χ0v) is 13.3. The fraction of sp³-hybridized carbons (Fsp3) is 0.625. The van der Waals surface area contributed by atoms with E-state index in [0.717, 1.165) is 43.2 Å². The molecule has 0 amide bonds. The Morgan fingerprint density at radius 2 is 1.90 bits per heavy atom. The molecule has 0 aliphatic heterocycles. The molecule has 5 nitrogen and oxygen atoms in total. The predicted molar refractivity (Wildman–Crippen MR) is 83.2 cm³/mol. The summed E-state index contributed by atoms with van der Waals surface area (Å²) in [6.07, 6.45) is 0.900. The first-order valence-corrected chi connectivity index (χ1v) is 7.39. The Labute approximate surface area is 127 Å². The zero-order chi connectivity index (χ0) is 15.3. The van der Waals surface area contributed by atoms with Gasteiger partial charge in [0, 0.05) is 32.4 Å². The van der Waals surface area contributed by atoms with Gasteiger partial charge in [0.2, 0.25) is 0 Å². The molecular weight excluding hydrogens is 270 g/mol. The first-order valence-electron chi connectivity index (χ1n) is 7.39. The summed E-state index contributed by atoms with van der Waals surface area (Å²) in [5, 5.41) is 3.30. The summed E-state index contributed by atoms with van der Waals surface area (Å²) in [6, 6.07) is 5.92. The summed E-state index contributed by atoms with van der Waals surface area (Å²) < 4.78 is 21.7. The summed E-state index contributed by atoms with van der Waals surface area (Å²) >= 11 is 0. The Morgan fingerprint density at radius 1 is 1.05 bits per heavy atom. The number of ether oxygens (including phenoxy) is 4. The van der Waals surface area contributed by atoms with Crippen LogP contribution in [0.4, 0.5) is 0 Å². The van der Waals surface area contributed by atoms with Gasteiger partial charge in [-0.15, -0.1) is 0 Å². The van der Waals surface area contributed by atoms with Crippen molar-refractivity contribution in [3.05, 3.63) is 23.8 Å². The zero-order valence-electron chi connectivity index (χ0n) is 13.3. The van der Waals surface area contributed by atoms with Crippen molar-refractivity contribution in [3.8, 4) is 11.5 Å². The van der Waals surface area contributed by atoms with Crippen LogP contribution in [-0.2, 0) is 16.0 Å². The Balaban J connectivity index is 2.44. The Bertz CT molecular complexity index is 385. The van der Waals surface area contributed by atoms with E-state index in [-0.39, 0.29) is 0 Å². The van der Waals surface area contributed by atoms with Gasteiger partial charge in [0.05, 0.1) is 13.7 Å². The van der Waals surface area contributed by atoms with Crippen LogP contribution in [0.15, 0.2) is 18.2 Å². The maximum Gasteiger partial charge on any atom is 0.165 e. The van der Waals surface area contributed by atoms with E-state index in [0.29, 0.717) is 19.8 Å². The Hall–Kier alpha value is -1.30. The third-order valence-corrected chi connectivity index (χ3v) is 2.96. The van der Waals surface area contributed by atoms with E-state index in [1.54, 1.807) is 14.2 Å². The summed E-state index contributed by atoms with van der Waals surface area (Å²) in [4.78, 5) is 0. The number of benzene rings is 1. The number of hydrogen-bond donors (Lipinski definition) is 1. The van der Waals surface area contributed by atoms with Crippen LogP contribution in [0, 0.1) is 0 Å². The molecule has 0 heterocycles. The largest absolute Gasteiger partial charge is 0.493 e. The average Bonchev–Trinajstić information content (AvgIpc) is 2.52. The summed E-state index contributed by atoms with van der Waals surface area (Å²) in [5.41, 5.74) is 1.09. The van der Waals surface area contributed by atoms with Crippen LogP contribution in [0.1, 0.15) is 18.9 Å². The number of para-hydroxylation sites is 1. The molecule has 1 N–H and O–H groups in total. The minimum absolute atomic E-state index is 0.506. The van der Waals surface area contributed by atoms with Crippen LogP contribution in [0.3, 0.4) is 0 Å². The van der Waals surface area contributed by atoms with Crippen molar-refractivity contribution in [2.75, 3.05) is 47.2 Å². The molecule has 0 aromatic heterocycles. The molecule has 0 saturated carbocycles. The van der Waals surface area contributed by atoms with Crippen LogP contribution in [0.25, 0.3) is 0 Å². The van der Waals surface area contributed by atoms with Crippen LogP contribution in [0.5, 0.6) is 11.5 Å². The lowest BCUT2D eigenvalue weighted by Gasteiger charge is -2.15. The molecule has 0 fully saturated rings. The molecule has 0 bridgehead atoms. The summed E-state index contributed by atoms with van der Waals surface area (Å²) in [5.74, 6) is 1.55. The van der Waals surface area contributed by atoms with Gasteiger partial charge in [0.25, 0.3) is 0 Å². The molecule has 0 aliphatic carbocycles. The minimum Gasteiger partial charge on any atom is -0.493 e. The van der Waals surface area contributed by atoms with Crippen molar-refractivity contribution in [1.82, 2.24) is 5.32 Å². The van der Waals surface area contributed by atoms with E-state index >= 15 is 0 Å². The van der Waals surface area contributed by atoms with Gasteiger partial charge in [0.1, 0.15) is 6.61 Å². The fourth-order valence-electron chi connectivity index (χ4n) is 1.89. The quantitative estimate of drug-likeness (QED) is 0.600. The van der Waals surface area contributed by atoms with Gasteiger partial charge in [0.15, 0.2) is 11.5 Å². The third kappa shape index (κ3) is 6.80. The van der Waals surface area contributed by atoms with Crippen molar-refractivity contribution in [2.45, 2.75) is 19.9 Å². The SMILES string of the molecule is CCNCc1cccc(OC)c1OCCOCCCOC. The molecule has 1 aromatic carbocycles. The van der Waals surface area contributed by atoms with Gasteiger partial charge >= 0.3 is 0 Å². The lowest BCUT2D eigenvalue weighted by molar-refractivity contribution is 0.0797. The summed E-state index contributed by atoms with van der Waals surface area (Å²) in [6.45, 7) is 6.23. The molecule has 21 heavy (non-hydrogen) atoms. The molecular formula is C16H27NO4. The van der Waals surface area contributed by atoms with E-state index in [1.165, 1.54) is 0 Å². The first-order chi connectivity index (χ1) is 10.3. The Morgan fingerprint density at radius 3 is 2.62 bits per heavy atom. The van der Waals surface area contributed by atoms with E-state index in [2.05, 4.69) is 12.2 Å². The molecule has 0 radical (unpaired) electrons. The van der Waals surface area contributed by atoms with Gasteiger partial charge < -0.3 is 24.3 Å². The van der Waals surface area contributed by atoms with Crippen molar-refractivity contribution < 1.29 is 18.9 Å². The minimum atomic E-state index is 0.506. The van der Waals surface area contributed by atoms with Crippen LogP contribution in [0.2, 0.25) is 0 Å². The molecule has 0 atom stereocenters. The van der Waals surface area contributed by atoms with Crippen molar-refractivity contribution in [2.24, 2.45) is 0 Å². The number of methoxy groups -OCH3 is 2. The average molecular weight is 297 g/mol. The second-order valence-electron chi connectivity index (χ2n) is 4.54. The highest BCUT2D eigenvalue weighted by Crippen LogP contribution is 2.30. The summed E-state index contributed by atoms with van der Waals surface area (Å²) in [7, 11) is 3.34. The molecule has 0 unspecified atom stereocenters. The third-order valence-electron chi connectivity index (χ3n) is 2.96. The van der Waals surface area contributed by atoms with Crippen LogP contribution >= 0.6 is 0 Å². The number of rotatable bonds is 12. The highest BCUT2D eigenvalue weighted by molar-refractivity contribution is 5.46. The molecule has 0 spiro atoms. The molecule has 120 valence electrons. The predicted octanol–water partition coefficient (Wildman–Crippen LogP) is 2.24. The normalized spacial score (nSPS) is 10.6. The fourth-order valence-corrected chi connectivity index (χ4v) is 1.89. The number of nitrogens with one attached hydrogen (secondary N) is 1. The van der Waals surface area contributed by atoms with E-state index in [9.17, 15) is 0 Å². The maximum atomic E-state index is 5.84. The standard InChI is InChI=1S/C16H27NO4/c1-4-17-13-14-7-5-8-15(19-3)16(14)21-12-11-20-10-6-9-18-2/h5,7-8,17H,4,6,9-13H2,1-3H3. The Kier molecular flexibility index (Phi) is 9.61. The smallest absolute Gasteiger partial charge is 0.165 e. The lowest BCUT2D eigenvalue weighted by Crippen LogP contribution is -2.15. The maximum absolute atomic E-state index is 5.84. The molecule has 0 aliphatic rings. The monoisotopic (exact) mass is 297 g/mol. The van der Waals surface area contributed by atoms with Gasteiger partial charge in [-0.3, -0.25) is 0 Å². The van der Waals surface area contributed by atoms with Crippen molar-refractivity contribution in [1.29, 1.82) is 0 Å². The highest BCUT2D eigenvalue weighted by Gasteiger charge is 2.10. The van der Waals surface area contributed by atoms with Gasteiger partial charge in [-0.25, -0.2) is 0 Å².